The smallest absolute Gasteiger partial charge is 0.426 e. The molecule has 0 unspecified atom stereocenters. The van der Waals surface area contributed by atoms with Gasteiger partial charge in [-0.1, -0.05) is 25.4 Å². The lowest BCUT2D eigenvalue weighted by Gasteiger charge is -2.06. The van der Waals surface area contributed by atoms with Crippen molar-refractivity contribution in [3.05, 3.63) is 39.3 Å². The molecule has 1 aromatic heterocycles. The molecule has 0 aliphatic rings. The van der Waals surface area contributed by atoms with Crippen LogP contribution in [0.25, 0.3) is 5.69 Å². The normalized spacial score (nSPS) is 11.2. The molecule has 2 aromatic rings. The first kappa shape index (κ1) is 13.5. The number of rotatable bonds is 2. The van der Waals surface area contributed by atoms with E-state index in [1.165, 1.54) is 0 Å². The van der Waals surface area contributed by atoms with Gasteiger partial charge in [0.1, 0.15) is 11.6 Å². The SMILES string of the molecule is CC(C)c1oc(=O)n(-c2cc(O)c(Cl)cc2F)c1O. The average molecular weight is 288 g/mol. The number of phenolic OH excluding ortho intramolecular Hbond substituents is 1. The Balaban J connectivity index is 2.73. The zero-order chi connectivity index (χ0) is 14.3. The summed E-state index contributed by atoms with van der Waals surface area (Å²) in [7, 11) is 0. The molecule has 0 saturated carbocycles. The van der Waals surface area contributed by atoms with E-state index in [0.717, 1.165) is 12.1 Å². The van der Waals surface area contributed by atoms with Gasteiger partial charge in [-0.05, 0) is 6.07 Å². The van der Waals surface area contributed by atoms with Crippen molar-refractivity contribution in [3.63, 3.8) is 0 Å². The van der Waals surface area contributed by atoms with Gasteiger partial charge in [0.25, 0.3) is 0 Å². The van der Waals surface area contributed by atoms with Gasteiger partial charge in [-0.15, -0.1) is 0 Å². The fourth-order valence-electron chi connectivity index (χ4n) is 1.67. The van der Waals surface area contributed by atoms with E-state index in [2.05, 4.69) is 0 Å². The van der Waals surface area contributed by atoms with Gasteiger partial charge in [-0.2, -0.15) is 0 Å². The molecule has 2 rings (SSSR count). The van der Waals surface area contributed by atoms with Crippen LogP contribution in [0.4, 0.5) is 4.39 Å². The van der Waals surface area contributed by atoms with Crippen LogP contribution in [-0.2, 0) is 0 Å². The summed E-state index contributed by atoms with van der Waals surface area (Å²) in [5.41, 5.74) is -0.333. The number of hydrogen-bond donors (Lipinski definition) is 2. The quantitative estimate of drug-likeness (QED) is 0.890. The summed E-state index contributed by atoms with van der Waals surface area (Å²) in [4.78, 5) is 11.7. The summed E-state index contributed by atoms with van der Waals surface area (Å²) in [6, 6.07) is 1.79. The van der Waals surface area contributed by atoms with E-state index in [4.69, 9.17) is 16.0 Å². The Morgan fingerprint density at radius 1 is 1.37 bits per heavy atom. The van der Waals surface area contributed by atoms with Crippen LogP contribution in [0, 0.1) is 5.82 Å². The summed E-state index contributed by atoms with van der Waals surface area (Å²) in [6.07, 6.45) is 0. The highest BCUT2D eigenvalue weighted by Crippen LogP contribution is 2.32. The summed E-state index contributed by atoms with van der Waals surface area (Å²) < 4.78 is 19.3. The Morgan fingerprint density at radius 2 is 2.00 bits per heavy atom. The molecule has 0 spiro atoms. The summed E-state index contributed by atoms with van der Waals surface area (Å²) in [5, 5.41) is 19.2. The van der Waals surface area contributed by atoms with Crippen LogP contribution >= 0.6 is 11.6 Å². The summed E-state index contributed by atoms with van der Waals surface area (Å²) >= 11 is 5.55. The number of hydrogen-bond acceptors (Lipinski definition) is 4. The van der Waals surface area contributed by atoms with Gasteiger partial charge in [0, 0.05) is 12.0 Å². The number of phenols is 1. The average Bonchev–Trinajstić information content (AvgIpc) is 2.60. The van der Waals surface area contributed by atoms with Gasteiger partial charge in [-0.25, -0.2) is 13.8 Å². The number of nitrogens with zero attached hydrogens (tertiary/aromatic N) is 1. The van der Waals surface area contributed by atoms with Crippen molar-refractivity contribution in [1.82, 2.24) is 4.57 Å². The van der Waals surface area contributed by atoms with Gasteiger partial charge in [0.2, 0.25) is 5.88 Å². The van der Waals surface area contributed by atoms with Crippen molar-refractivity contribution in [3.8, 4) is 17.3 Å². The van der Waals surface area contributed by atoms with Gasteiger partial charge < -0.3 is 14.6 Å². The van der Waals surface area contributed by atoms with Crippen molar-refractivity contribution in [2.45, 2.75) is 19.8 Å². The fraction of sp³-hybridized carbons (Fsp3) is 0.250. The van der Waals surface area contributed by atoms with Crippen LogP contribution < -0.4 is 5.76 Å². The minimum Gasteiger partial charge on any atom is -0.506 e. The van der Waals surface area contributed by atoms with Crippen LogP contribution in [0.15, 0.2) is 21.3 Å². The maximum Gasteiger partial charge on any atom is 0.426 e. The molecule has 0 aliphatic heterocycles. The van der Waals surface area contributed by atoms with E-state index >= 15 is 0 Å². The first-order valence-corrected chi connectivity index (χ1v) is 5.83. The Labute approximate surface area is 112 Å². The summed E-state index contributed by atoms with van der Waals surface area (Å²) in [6.45, 7) is 3.41. The second-order valence-electron chi connectivity index (χ2n) is 4.30. The Bertz CT molecular complexity index is 690. The number of halogens is 2. The molecule has 2 N–H and O–H groups in total. The second-order valence-corrected chi connectivity index (χ2v) is 4.71. The van der Waals surface area contributed by atoms with Gasteiger partial charge in [-0.3, -0.25) is 0 Å². The molecule has 0 fully saturated rings. The Hall–Kier alpha value is -1.95. The predicted octanol–water partition coefficient (Wildman–Crippen LogP) is 2.76. The predicted molar refractivity (Wildman–Crippen MR) is 66.7 cm³/mol. The molecular weight excluding hydrogens is 277 g/mol. The van der Waals surface area contributed by atoms with E-state index in [-0.39, 0.29) is 22.4 Å². The van der Waals surface area contributed by atoms with Crippen LogP contribution in [0.3, 0.4) is 0 Å². The zero-order valence-corrected chi connectivity index (χ0v) is 10.9. The van der Waals surface area contributed by atoms with Crippen LogP contribution in [0.5, 0.6) is 11.6 Å². The lowest BCUT2D eigenvalue weighted by molar-refractivity contribution is 0.406. The highest BCUT2D eigenvalue weighted by atomic mass is 35.5. The van der Waals surface area contributed by atoms with Crippen molar-refractivity contribution in [1.29, 1.82) is 0 Å². The number of aromatic hydroxyl groups is 2. The van der Waals surface area contributed by atoms with E-state index in [9.17, 15) is 19.4 Å². The zero-order valence-electron chi connectivity index (χ0n) is 10.1. The van der Waals surface area contributed by atoms with E-state index in [0.29, 0.717) is 4.57 Å². The lowest BCUT2D eigenvalue weighted by Crippen LogP contribution is -2.13. The molecule has 7 heteroatoms. The molecule has 19 heavy (non-hydrogen) atoms. The summed E-state index contributed by atoms with van der Waals surface area (Å²) in [5.74, 6) is -2.92. The molecular formula is C12H11ClFNO4. The molecule has 0 aliphatic carbocycles. The van der Waals surface area contributed by atoms with E-state index in [1.54, 1.807) is 13.8 Å². The molecule has 0 radical (unpaired) electrons. The van der Waals surface area contributed by atoms with Gasteiger partial charge in [0.05, 0.1) is 10.7 Å². The number of oxazole rings is 1. The van der Waals surface area contributed by atoms with Crippen molar-refractivity contribution in [2.24, 2.45) is 0 Å². The van der Waals surface area contributed by atoms with Crippen molar-refractivity contribution >= 4 is 11.6 Å². The van der Waals surface area contributed by atoms with E-state index in [1.807, 2.05) is 0 Å². The lowest BCUT2D eigenvalue weighted by atomic mass is 10.2. The maximum absolute atomic E-state index is 13.8. The van der Waals surface area contributed by atoms with Crippen LogP contribution in [-0.4, -0.2) is 14.8 Å². The highest BCUT2D eigenvalue weighted by Gasteiger charge is 2.22. The molecule has 102 valence electrons. The number of aromatic nitrogens is 1. The molecule has 0 saturated heterocycles. The minimum absolute atomic E-state index is 0.0406. The topological polar surface area (TPSA) is 75.6 Å². The third kappa shape index (κ3) is 2.19. The second kappa shape index (κ2) is 4.62. The van der Waals surface area contributed by atoms with Crippen molar-refractivity contribution < 1.29 is 19.0 Å². The Kier molecular flexibility index (Phi) is 3.28. The first-order valence-electron chi connectivity index (χ1n) is 5.46. The van der Waals surface area contributed by atoms with E-state index < -0.39 is 23.2 Å². The van der Waals surface area contributed by atoms with Crippen LogP contribution in [0.1, 0.15) is 25.5 Å². The molecule has 5 nitrogen and oxygen atoms in total. The minimum atomic E-state index is -0.943. The molecule has 0 amide bonds. The fourth-order valence-corrected chi connectivity index (χ4v) is 1.82. The van der Waals surface area contributed by atoms with Gasteiger partial charge >= 0.3 is 5.76 Å². The Morgan fingerprint density at radius 3 is 2.53 bits per heavy atom. The van der Waals surface area contributed by atoms with Gasteiger partial charge in [0.15, 0.2) is 5.76 Å². The highest BCUT2D eigenvalue weighted by molar-refractivity contribution is 6.32. The van der Waals surface area contributed by atoms with Crippen LogP contribution in [0.2, 0.25) is 5.02 Å². The third-order valence-electron chi connectivity index (χ3n) is 2.59. The standard InChI is InChI=1S/C12H11ClFNO4/c1-5(2)10-11(17)15(12(18)19-10)8-4-9(16)6(13)3-7(8)14/h3-5,16-17H,1-2H3. The third-order valence-corrected chi connectivity index (χ3v) is 2.90. The monoisotopic (exact) mass is 287 g/mol. The largest absolute Gasteiger partial charge is 0.506 e. The molecule has 1 aromatic carbocycles. The maximum atomic E-state index is 13.8. The molecule has 0 atom stereocenters. The first-order chi connectivity index (χ1) is 8.82. The molecule has 0 bridgehead atoms. The number of benzene rings is 1. The van der Waals surface area contributed by atoms with Crippen molar-refractivity contribution in [2.75, 3.05) is 0 Å². The molecule has 1 heterocycles.